The summed E-state index contributed by atoms with van der Waals surface area (Å²) in [6.45, 7) is 0. The van der Waals surface area contributed by atoms with E-state index in [9.17, 15) is 0 Å². The van der Waals surface area contributed by atoms with E-state index in [-0.39, 0.29) is 31.2 Å². The molecule has 1 rings (SSSR count). The van der Waals surface area contributed by atoms with E-state index in [0.717, 1.165) is 0 Å². The van der Waals surface area contributed by atoms with Gasteiger partial charge in [-0.05, 0) is 0 Å². The number of primary amides is 1. The summed E-state index contributed by atoms with van der Waals surface area (Å²) in [5.74, 6) is 0. The largest absolute Gasteiger partial charge is 0.372 e. The monoisotopic (exact) mass is 187 g/mol. The lowest BCUT2D eigenvalue weighted by Crippen LogP contribution is -1.82. The van der Waals surface area contributed by atoms with Crippen molar-refractivity contribution in [2.24, 2.45) is 5.73 Å². The zero-order valence-electron chi connectivity index (χ0n) is 5.91. The summed E-state index contributed by atoms with van der Waals surface area (Å²) in [7, 11) is 0. The Morgan fingerprint density at radius 2 is 1.00 bits per heavy atom. The summed E-state index contributed by atoms with van der Waals surface area (Å²) in [4.78, 5) is 8.58. The van der Waals surface area contributed by atoms with Gasteiger partial charge in [-0.1, -0.05) is 32.1 Å². The van der Waals surface area contributed by atoms with Crippen LogP contribution in [0.25, 0.3) is 0 Å². The van der Waals surface area contributed by atoms with Crippen molar-refractivity contribution >= 4 is 31.2 Å². The minimum atomic E-state index is 0. The standard InChI is InChI=1S/C5H10.CH3NO.2ClH/c1-2-4-5-3-1;2-1-3;;/h1-5H2;1H,(H2,2,3);2*1H. The maximum absolute atomic E-state index is 8.58. The van der Waals surface area contributed by atoms with Crippen LogP contribution in [0.4, 0.5) is 0 Å². The van der Waals surface area contributed by atoms with Gasteiger partial charge in [0, 0.05) is 0 Å². The molecule has 0 atom stereocenters. The molecule has 0 spiro atoms. The van der Waals surface area contributed by atoms with Crippen LogP contribution in [0.15, 0.2) is 0 Å². The second-order valence-corrected chi connectivity index (χ2v) is 1.90. The predicted molar refractivity (Wildman–Crippen MR) is 47.8 cm³/mol. The van der Waals surface area contributed by atoms with Gasteiger partial charge in [-0.3, -0.25) is 4.79 Å². The SMILES string of the molecule is C1CCCC1.Cl.Cl.NC=O. The lowest BCUT2D eigenvalue weighted by atomic mass is 10.4. The van der Waals surface area contributed by atoms with Crippen LogP contribution in [0.2, 0.25) is 0 Å². The van der Waals surface area contributed by atoms with Crippen molar-refractivity contribution < 1.29 is 4.79 Å². The Balaban J connectivity index is -0.0000000900. The molecule has 1 fully saturated rings. The number of carbonyl (C=O) groups is 1. The number of halogens is 2. The van der Waals surface area contributed by atoms with E-state index in [0.29, 0.717) is 0 Å². The average molecular weight is 188 g/mol. The van der Waals surface area contributed by atoms with Crippen LogP contribution in [0.1, 0.15) is 32.1 Å². The number of rotatable bonds is 0. The smallest absolute Gasteiger partial charge is 0.204 e. The maximum Gasteiger partial charge on any atom is 0.204 e. The summed E-state index contributed by atoms with van der Waals surface area (Å²) in [5, 5.41) is 0. The molecule has 0 unspecified atom stereocenters. The second kappa shape index (κ2) is 16.0. The molecule has 1 saturated carbocycles. The van der Waals surface area contributed by atoms with Gasteiger partial charge >= 0.3 is 0 Å². The summed E-state index contributed by atoms with van der Waals surface area (Å²) in [6.07, 6.45) is 7.75. The fraction of sp³-hybridized carbons (Fsp3) is 0.833. The van der Waals surface area contributed by atoms with Crippen LogP contribution in [-0.4, -0.2) is 6.41 Å². The van der Waals surface area contributed by atoms with E-state index in [1.54, 1.807) is 0 Å². The van der Waals surface area contributed by atoms with E-state index in [4.69, 9.17) is 4.79 Å². The molecule has 0 aliphatic heterocycles. The Morgan fingerprint density at radius 3 is 1.10 bits per heavy atom. The van der Waals surface area contributed by atoms with Crippen molar-refractivity contribution in [2.45, 2.75) is 32.1 Å². The summed E-state index contributed by atoms with van der Waals surface area (Å²) < 4.78 is 0. The summed E-state index contributed by atoms with van der Waals surface area (Å²) in [5.41, 5.74) is 4.17. The first-order chi connectivity index (χ1) is 3.91. The van der Waals surface area contributed by atoms with Gasteiger partial charge in [-0.2, -0.15) is 0 Å². The second-order valence-electron chi connectivity index (χ2n) is 1.90. The molecule has 1 aliphatic carbocycles. The molecule has 2 N–H and O–H groups in total. The van der Waals surface area contributed by atoms with E-state index in [1.807, 2.05) is 0 Å². The van der Waals surface area contributed by atoms with E-state index >= 15 is 0 Å². The van der Waals surface area contributed by atoms with E-state index in [1.165, 1.54) is 32.1 Å². The summed E-state index contributed by atoms with van der Waals surface area (Å²) >= 11 is 0. The normalized spacial score (nSPS) is 13.2. The highest BCUT2D eigenvalue weighted by molar-refractivity contribution is 5.85. The quantitative estimate of drug-likeness (QED) is 0.579. The van der Waals surface area contributed by atoms with Crippen molar-refractivity contribution in [3.05, 3.63) is 0 Å². The first-order valence-electron chi connectivity index (χ1n) is 3.07. The molecule has 1 aliphatic rings. The fourth-order valence-corrected chi connectivity index (χ4v) is 0.884. The Labute approximate surface area is 74.4 Å². The molecule has 0 radical (unpaired) electrons. The highest BCUT2D eigenvalue weighted by Crippen LogP contribution is 2.15. The van der Waals surface area contributed by atoms with Crippen LogP contribution in [0.5, 0.6) is 0 Å². The van der Waals surface area contributed by atoms with Gasteiger partial charge in [0.05, 0.1) is 0 Å². The van der Waals surface area contributed by atoms with Gasteiger partial charge in [0.25, 0.3) is 0 Å². The zero-order chi connectivity index (χ0) is 6.24. The van der Waals surface area contributed by atoms with Crippen LogP contribution in [-0.2, 0) is 4.79 Å². The van der Waals surface area contributed by atoms with Crippen LogP contribution in [0, 0.1) is 0 Å². The van der Waals surface area contributed by atoms with Gasteiger partial charge in [0.2, 0.25) is 6.41 Å². The van der Waals surface area contributed by atoms with Crippen molar-refractivity contribution in [1.29, 1.82) is 0 Å². The third kappa shape index (κ3) is 15.7. The first-order valence-corrected chi connectivity index (χ1v) is 3.07. The molecule has 0 saturated heterocycles. The highest BCUT2D eigenvalue weighted by atomic mass is 35.5. The molecule has 0 aromatic carbocycles. The van der Waals surface area contributed by atoms with Crippen molar-refractivity contribution in [3.8, 4) is 0 Å². The minimum Gasteiger partial charge on any atom is -0.372 e. The molecule has 0 aromatic heterocycles. The molecule has 10 heavy (non-hydrogen) atoms. The Kier molecular flexibility index (Phi) is 26.5. The lowest BCUT2D eigenvalue weighted by Gasteiger charge is -1.67. The Bertz CT molecular complexity index is 50.1. The fourth-order valence-electron chi connectivity index (χ4n) is 0.884. The van der Waals surface area contributed by atoms with Crippen molar-refractivity contribution in [2.75, 3.05) is 0 Å². The van der Waals surface area contributed by atoms with Gasteiger partial charge < -0.3 is 5.73 Å². The zero-order valence-corrected chi connectivity index (χ0v) is 7.55. The molecule has 4 heteroatoms. The Hall–Kier alpha value is 0.0500. The van der Waals surface area contributed by atoms with Gasteiger partial charge in [-0.15, -0.1) is 24.8 Å². The van der Waals surface area contributed by atoms with Crippen molar-refractivity contribution in [3.63, 3.8) is 0 Å². The molecule has 0 bridgehead atoms. The third-order valence-corrected chi connectivity index (χ3v) is 1.25. The van der Waals surface area contributed by atoms with Crippen LogP contribution >= 0.6 is 24.8 Å². The molecule has 0 heterocycles. The Morgan fingerprint density at radius 1 is 0.900 bits per heavy atom. The molecule has 64 valence electrons. The van der Waals surface area contributed by atoms with Gasteiger partial charge in [0.1, 0.15) is 0 Å². The lowest BCUT2D eigenvalue weighted by molar-refractivity contribution is -0.106. The molecule has 1 amide bonds. The summed E-state index contributed by atoms with van der Waals surface area (Å²) in [6, 6.07) is 0. The first kappa shape index (κ1) is 16.6. The number of hydrogen-bond acceptors (Lipinski definition) is 1. The molecular weight excluding hydrogens is 173 g/mol. The molecule has 2 nitrogen and oxygen atoms in total. The number of amides is 1. The van der Waals surface area contributed by atoms with E-state index in [2.05, 4.69) is 5.73 Å². The van der Waals surface area contributed by atoms with Crippen LogP contribution in [0.3, 0.4) is 0 Å². The number of nitrogens with two attached hydrogens (primary N) is 1. The minimum absolute atomic E-state index is 0. The van der Waals surface area contributed by atoms with Crippen LogP contribution < -0.4 is 5.73 Å². The molecular formula is C6H15Cl2NO. The van der Waals surface area contributed by atoms with E-state index < -0.39 is 0 Å². The number of carbonyl (C=O) groups excluding carboxylic acids is 1. The number of hydrogen-bond donors (Lipinski definition) is 1. The highest BCUT2D eigenvalue weighted by Gasteiger charge is 1.95. The predicted octanol–water partition coefficient (Wildman–Crippen LogP) is 1.90. The average Bonchev–Trinajstić information content (AvgIpc) is 2.17. The molecule has 0 aromatic rings. The third-order valence-electron chi connectivity index (χ3n) is 1.25. The topological polar surface area (TPSA) is 43.1 Å². The van der Waals surface area contributed by atoms with Crippen molar-refractivity contribution in [1.82, 2.24) is 0 Å². The van der Waals surface area contributed by atoms with Gasteiger partial charge in [0.15, 0.2) is 0 Å². The van der Waals surface area contributed by atoms with Gasteiger partial charge in [-0.25, -0.2) is 0 Å². The maximum atomic E-state index is 8.58.